The van der Waals surface area contributed by atoms with E-state index in [2.05, 4.69) is 66.2 Å². The van der Waals surface area contributed by atoms with Crippen molar-refractivity contribution < 1.29 is 99.2 Å². The van der Waals surface area contributed by atoms with Gasteiger partial charge in [0, 0.05) is 40.3 Å². The molecule has 2 rings (SSSR count). The molecule has 0 aromatic heterocycles. The van der Waals surface area contributed by atoms with Gasteiger partial charge in [-0.05, 0) is 64.2 Å². The third kappa shape index (κ3) is 46.7. The second kappa shape index (κ2) is 66.4. The number of unbranched alkanes of at least 4 members (excludes halogenated alkanes) is 32. The van der Waals surface area contributed by atoms with Crippen molar-refractivity contribution in [3.63, 3.8) is 0 Å². The summed E-state index contributed by atoms with van der Waals surface area (Å²) < 4.78 is 114. The molecule has 22 heteroatoms. The zero-order chi connectivity index (χ0) is 75.8. The molecular formula is C82H147O21P. The lowest BCUT2D eigenvalue weighted by Gasteiger charge is -2.47. The lowest BCUT2D eigenvalue weighted by molar-refractivity contribution is -0.335. The van der Waals surface area contributed by atoms with Gasteiger partial charge in [-0.25, -0.2) is 14.2 Å². The molecule has 0 bridgehead atoms. The number of carbonyl (C=O) groups excluding carboxylic acids is 3. The van der Waals surface area contributed by atoms with Crippen molar-refractivity contribution in [1.29, 1.82) is 0 Å². The third-order valence-corrected chi connectivity index (χ3v) is 20.3. The van der Waals surface area contributed by atoms with Gasteiger partial charge in [0.25, 0.3) is 0 Å². The molecule has 0 amide bonds. The van der Waals surface area contributed by atoms with E-state index in [0.29, 0.717) is 25.7 Å². The van der Waals surface area contributed by atoms with Crippen LogP contribution in [0.5, 0.6) is 0 Å². The molecule has 12 atom stereocenters. The molecule has 21 nitrogen and oxygen atoms in total. The van der Waals surface area contributed by atoms with Crippen molar-refractivity contribution in [3.8, 4) is 0 Å². The summed E-state index contributed by atoms with van der Waals surface area (Å²) in [5.74, 6) is -0.576. The third-order valence-electron chi connectivity index (χ3n) is 18.9. The van der Waals surface area contributed by atoms with Gasteiger partial charge in [-0.3, -0.25) is 18.4 Å². The number of ether oxygens (including phenoxy) is 13. The van der Waals surface area contributed by atoms with E-state index in [1.165, 1.54) is 121 Å². The topological polar surface area (TPSA) is 236 Å². The molecule has 0 aromatic carbocycles. The Morgan fingerprint density at radius 3 is 1.38 bits per heavy atom. The molecule has 0 spiro atoms. The van der Waals surface area contributed by atoms with E-state index in [1.807, 2.05) is 0 Å². The lowest BCUT2D eigenvalue weighted by atomic mass is 9.97. The minimum Gasteiger partial charge on any atom is -0.454 e. The Bertz CT molecular complexity index is 2170. The van der Waals surface area contributed by atoms with Gasteiger partial charge < -0.3 is 66.7 Å². The summed E-state index contributed by atoms with van der Waals surface area (Å²) in [7, 11) is -1.39. The molecule has 0 aliphatic carbocycles. The highest BCUT2D eigenvalue weighted by molar-refractivity contribution is 7.48. The second-order valence-electron chi connectivity index (χ2n) is 27.8. The SMILES string of the molecule is C=CCOC(=O)OC(CCCCCCCCCCC)CCOC1C(O)OC(COC2OC(COC)C(OP(=O)(OCC=C)OCC=C)C(OCCC(CCCCCCC)OC)C2OC(=O)CCCCCCCCCC=CCCCCCC)C(OC(=O)OCC=C)C1OCCCCCCCCCCCC. The number of allylic oxidation sites excluding steroid dienone is 2. The van der Waals surface area contributed by atoms with Crippen LogP contribution in [0.25, 0.3) is 0 Å². The molecule has 2 saturated heterocycles. The fourth-order valence-electron chi connectivity index (χ4n) is 12.9. The van der Waals surface area contributed by atoms with Crippen molar-refractivity contribution in [3.05, 3.63) is 62.8 Å². The molecule has 2 aliphatic rings. The van der Waals surface area contributed by atoms with Gasteiger partial charge in [-0.15, -0.1) is 13.2 Å². The number of carbonyl (C=O) groups is 3. The Hall–Kier alpha value is -3.54. The highest BCUT2D eigenvalue weighted by Gasteiger charge is 2.55. The number of rotatable bonds is 72. The zero-order valence-corrected chi connectivity index (χ0v) is 66.7. The maximum atomic E-state index is 14.8. The maximum absolute atomic E-state index is 14.8. The van der Waals surface area contributed by atoms with Crippen LogP contribution in [0.2, 0.25) is 0 Å². The number of aliphatic hydroxyl groups is 1. The zero-order valence-electron chi connectivity index (χ0n) is 65.8. The fraction of sp³-hybridized carbons (Fsp3) is 0.841. The standard InChI is InChI=1S/C82H147O21P/c1-11-19-23-27-30-33-35-36-37-38-39-41-44-48-52-56-72(83)101-78-76(91-64-57-68(89-10)54-50-46-26-22-14-4)74(103-104(87,96-61-17-7)97-62-18-8)70(66-88-9)100-80(78)95-67-71-73(102-82(86)94-60-16-6)75(90-63-53-49-45-42-34-31-28-24-20-12-2)77(79(84)99-71)92-65-58-69(98-81(85)93-59-15-5)55-51-47-43-40-32-29-25-21-13-3/h15-18,33,35,68-71,73-80,84H,5-8,11-14,19-32,34,36-67H2,1-4,9-10H3. The number of hydrogen-bond acceptors (Lipinski definition) is 21. The van der Waals surface area contributed by atoms with Gasteiger partial charge in [0.15, 0.2) is 24.8 Å². The maximum Gasteiger partial charge on any atom is 0.509 e. The average molecular weight is 1500 g/mol. The molecule has 2 aliphatic heterocycles. The highest BCUT2D eigenvalue weighted by Crippen LogP contribution is 2.53. The number of hydrogen-bond donors (Lipinski definition) is 1. The van der Waals surface area contributed by atoms with E-state index in [-0.39, 0.29) is 71.8 Å². The Kier molecular flexibility index (Phi) is 61.7. The van der Waals surface area contributed by atoms with Crippen LogP contribution >= 0.6 is 7.82 Å². The van der Waals surface area contributed by atoms with Crippen molar-refractivity contribution in [2.45, 2.75) is 371 Å². The van der Waals surface area contributed by atoms with Crippen molar-refractivity contribution in [2.75, 3.05) is 73.7 Å². The largest absolute Gasteiger partial charge is 0.509 e. The molecular weight excluding hydrogens is 1350 g/mol. The first-order chi connectivity index (χ1) is 50.8. The second-order valence-corrected chi connectivity index (χ2v) is 29.5. The summed E-state index contributed by atoms with van der Waals surface area (Å²) in [6, 6.07) is 0. The molecule has 0 radical (unpaired) electrons. The Morgan fingerprint density at radius 2 is 0.865 bits per heavy atom. The predicted molar refractivity (Wildman–Crippen MR) is 411 cm³/mol. The van der Waals surface area contributed by atoms with Crippen LogP contribution in [0.3, 0.4) is 0 Å². The van der Waals surface area contributed by atoms with Crippen molar-refractivity contribution in [1.82, 2.24) is 0 Å². The van der Waals surface area contributed by atoms with Crippen LogP contribution < -0.4 is 0 Å². The number of methoxy groups -OCH3 is 2. The van der Waals surface area contributed by atoms with Gasteiger partial charge in [0.2, 0.25) is 0 Å². The molecule has 0 saturated carbocycles. The summed E-state index contributed by atoms with van der Waals surface area (Å²) in [6.45, 7) is 22.6. The van der Waals surface area contributed by atoms with Gasteiger partial charge in [0.05, 0.1) is 39.1 Å². The van der Waals surface area contributed by atoms with Gasteiger partial charge in [0.1, 0.15) is 55.9 Å². The minimum absolute atomic E-state index is 0.0190. The van der Waals surface area contributed by atoms with Crippen LogP contribution in [0.1, 0.15) is 297 Å². The molecule has 606 valence electrons. The van der Waals surface area contributed by atoms with Crippen LogP contribution in [-0.2, 0) is 84.5 Å². The van der Waals surface area contributed by atoms with Crippen molar-refractivity contribution >= 4 is 26.1 Å². The van der Waals surface area contributed by atoms with Crippen LogP contribution in [0.4, 0.5) is 9.59 Å². The minimum atomic E-state index is -4.52. The predicted octanol–water partition coefficient (Wildman–Crippen LogP) is 20.5. The van der Waals surface area contributed by atoms with Gasteiger partial charge in [-0.1, -0.05) is 270 Å². The van der Waals surface area contributed by atoms with E-state index in [0.717, 1.165) is 141 Å². The Balaban J connectivity index is 2.71. The molecule has 2 heterocycles. The number of phosphoric ester groups is 1. The van der Waals surface area contributed by atoms with E-state index in [9.17, 15) is 24.1 Å². The molecule has 1 N–H and O–H groups in total. The van der Waals surface area contributed by atoms with Gasteiger partial charge in [-0.2, -0.15) is 0 Å². The summed E-state index contributed by atoms with van der Waals surface area (Å²) in [4.78, 5) is 41.3. The summed E-state index contributed by atoms with van der Waals surface area (Å²) >= 11 is 0. The summed E-state index contributed by atoms with van der Waals surface area (Å²) in [5, 5.41) is 12.3. The van der Waals surface area contributed by atoms with Crippen LogP contribution in [0, 0.1) is 0 Å². The van der Waals surface area contributed by atoms with Crippen LogP contribution in [0.15, 0.2) is 62.8 Å². The molecule has 12 unspecified atom stereocenters. The Morgan fingerprint density at radius 1 is 0.433 bits per heavy atom. The van der Waals surface area contributed by atoms with E-state index < -0.39 is 100 Å². The monoisotopic (exact) mass is 1500 g/mol. The van der Waals surface area contributed by atoms with E-state index >= 15 is 0 Å². The first-order valence-electron chi connectivity index (χ1n) is 40.8. The summed E-state index contributed by atoms with van der Waals surface area (Å²) in [6.07, 6.45) is 36.2. The lowest BCUT2D eigenvalue weighted by Crippen LogP contribution is -2.64. The van der Waals surface area contributed by atoms with Crippen LogP contribution in [-0.4, -0.2) is 171 Å². The van der Waals surface area contributed by atoms with Gasteiger partial charge >= 0.3 is 26.1 Å². The number of aliphatic hydroxyl groups excluding tert-OH is 1. The van der Waals surface area contributed by atoms with Crippen molar-refractivity contribution in [2.24, 2.45) is 0 Å². The quantitative estimate of drug-likeness (QED) is 0.0196. The molecule has 104 heavy (non-hydrogen) atoms. The van der Waals surface area contributed by atoms with E-state index in [1.54, 1.807) is 7.11 Å². The Labute approximate surface area is 629 Å². The number of phosphoric acid groups is 1. The smallest absolute Gasteiger partial charge is 0.454 e. The van der Waals surface area contributed by atoms with E-state index in [4.69, 9.17) is 75.2 Å². The fourth-order valence-corrected chi connectivity index (χ4v) is 14.2. The molecule has 2 fully saturated rings. The number of esters is 1. The summed E-state index contributed by atoms with van der Waals surface area (Å²) in [5.41, 5.74) is 0. The first kappa shape index (κ1) is 96.5. The first-order valence-corrected chi connectivity index (χ1v) is 42.3. The molecule has 0 aromatic rings. The normalized spacial score (nSPS) is 21.1. The highest BCUT2D eigenvalue weighted by atomic mass is 31.2. The average Bonchev–Trinajstić information content (AvgIpc) is 0.780.